The average molecular weight is 540 g/mol. The Morgan fingerprint density at radius 1 is 1.08 bits per heavy atom. The summed E-state index contributed by atoms with van der Waals surface area (Å²) in [7, 11) is -1.69. The molecule has 1 fully saturated rings. The van der Waals surface area contributed by atoms with Crippen LogP contribution in [0.3, 0.4) is 0 Å². The molecule has 2 unspecified atom stereocenters. The van der Waals surface area contributed by atoms with Crippen molar-refractivity contribution >= 4 is 28.6 Å². The number of hydrogen-bond donors (Lipinski definition) is 5. The number of aliphatic hydroxyl groups excluding tert-OH is 2. The van der Waals surface area contributed by atoms with E-state index >= 15 is 0 Å². The lowest BCUT2D eigenvalue weighted by molar-refractivity contribution is -0.140. The Bertz CT molecular complexity index is 882. The second-order valence-corrected chi connectivity index (χ2v) is 10.8. The second-order valence-electron chi connectivity index (χ2n) is 9.14. The fraction of sp³-hybridized carbons (Fsp3) is 0.593. The van der Waals surface area contributed by atoms with Crippen molar-refractivity contribution in [1.29, 1.82) is 0 Å². The highest BCUT2D eigenvalue weighted by Gasteiger charge is 2.44. The van der Waals surface area contributed by atoms with Crippen LogP contribution in [0.4, 0.5) is 0 Å². The molecule has 7 atom stereocenters. The average Bonchev–Trinajstić information content (AvgIpc) is 3.14. The van der Waals surface area contributed by atoms with Gasteiger partial charge < -0.3 is 25.7 Å². The molecule has 9 nitrogen and oxygen atoms in total. The van der Waals surface area contributed by atoms with Crippen LogP contribution in [0, 0.1) is 11.8 Å². The Morgan fingerprint density at radius 3 is 2.41 bits per heavy atom. The highest BCUT2D eigenvalue weighted by atomic mass is 32.2. The Labute approximate surface area is 221 Å². The Balaban J connectivity index is 3.00. The lowest BCUT2D eigenvalue weighted by atomic mass is 9.90. The molecule has 0 aromatic heterocycles. The molecular weight excluding hydrogens is 498 g/mol. The molecule has 0 heterocycles. The van der Waals surface area contributed by atoms with E-state index in [-0.39, 0.29) is 24.5 Å². The van der Waals surface area contributed by atoms with Gasteiger partial charge in [-0.2, -0.15) is 0 Å². The highest BCUT2D eigenvalue weighted by molar-refractivity contribution is 7.85. The van der Waals surface area contributed by atoms with Crippen molar-refractivity contribution in [3.05, 3.63) is 48.6 Å². The molecular formula is C27H41NO8S. The predicted octanol–water partition coefficient (Wildman–Crippen LogP) is 2.72. The summed E-state index contributed by atoms with van der Waals surface area (Å²) in [6.45, 7) is 3.24. The molecule has 0 saturated heterocycles. The topological polar surface area (TPSA) is 161 Å². The van der Waals surface area contributed by atoms with Crippen LogP contribution in [0.5, 0.6) is 0 Å². The molecule has 5 N–H and O–H groups in total. The quantitative estimate of drug-likeness (QED) is 0.176. The van der Waals surface area contributed by atoms with E-state index in [2.05, 4.69) is 18.3 Å². The summed E-state index contributed by atoms with van der Waals surface area (Å²) >= 11 is 0. The fourth-order valence-corrected chi connectivity index (χ4v) is 6.12. The van der Waals surface area contributed by atoms with Gasteiger partial charge >= 0.3 is 11.9 Å². The minimum absolute atomic E-state index is 0.00658. The molecule has 10 heteroatoms. The van der Waals surface area contributed by atoms with Gasteiger partial charge in [-0.25, -0.2) is 4.79 Å². The lowest BCUT2D eigenvalue weighted by Gasteiger charge is -2.23. The Hall–Kier alpha value is -2.56. The first-order valence-electron chi connectivity index (χ1n) is 12.6. The van der Waals surface area contributed by atoms with Crippen LogP contribution in [0.25, 0.3) is 0 Å². The normalized spacial score (nSPS) is 24.8. The van der Waals surface area contributed by atoms with Crippen molar-refractivity contribution in [3.8, 4) is 0 Å². The van der Waals surface area contributed by atoms with E-state index in [0.29, 0.717) is 19.3 Å². The predicted molar refractivity (Wildman–Crippen MR) is 143 cm³/mol. The zero-order valence-corrected chi connectivity index (χ0v) is 22.4. The number of carbonyl (C=O) groups excluding carboxylic acids is 1. The van der Waals surface area contributed by atoms with Crippen molar-refractivity contribution < 1.29 is 39.0 Å². The van der Waals surface area contributed by atoms with E-state index in [1.165, 1.54) is 6.92 Å². The summed E-state index contributed by atoms with van der Waals surface area (Å²) in [5, 5.41) is 41.1. The van der Waals surface area contributed by atoms with Crippen LogP contribution < -0.4 is 5.32 Å². The molecule has 1 rings (SSSR count). The van der Waals surface area contributed by atoms with Crippen molar-refractivity contribution in [2.45, 2.75) is 82.3 Å². The van der Waals surface area contributed by atoms with Crippen LogP contribution in [-0.4, -0.2) is 71.7 Å². The van der Waals surface area contributed by atoms with Gasteiger partial charge in [-0.15, -0.1) is 0 Å². The lowest BCUT2D eigenvalue weighted by Crippen LogP contribution is -2.45. The summed E-state index contributed by atoms with van der Waals surface area (Å²) in [4.78, 5) is 33.6. The summed E-state index contributed by atoms with van der Waals surface area (Å²) in [6, 6.07) is -1.31. The van der Waals surface area contributed by atoms with Gasteiger partial charge in [0.05, 0.1) is 18.0 Å². The van der Waals surface area contributed by atoms with Gasteiger partial charge in [0, 0.05) is 29.4 Å². The van der Waals surface area contributed by atoms with E-state index in [0.717, 1.165) is 12.8 Å². The summed E-state index contributed by atoms with van der Waals surface area (Å²) in [5.41, 5.74) is 0. The maximum atomic E-state index is 13.2. The minimum atomic E-state index is -1.69. The number of aliphatic hydroxyl groups is 2. The molecule has 0 aromatic carbocycles. The number of amides is 1. The third-order valence-electron chi connectivity index (χ3n) is 6.11. The number of nitrogens with one attached hydrogen (secondary N) is 1. The maximum absolute atomic E-state index is 13.2. The van der Waals surface area contributed by atoms with E-state index in [9.17, 15) is 33.9 Å². The number of aliphatic carboxylic acids is 2. The first-order valence-corrected chi connectivity index (χ1v) is 14.0. The monoisotopic (exact) mass is 539 g/mol. The highest BCUT2D eigenvalue weighted by Crippen LogP contribution is 2.39. The number of hydrogen-bond acceptors (Lipinski definition) is 6. The molecule has 1 aliphatic carbocycles. The Kier molecular flexibility index (Phi) is 15.6. The molecule has 1 amide bonds. The summed E-state index contributed by atoms with van der Waals surface area (Å²) in [6.07, 6.45) is 16.3. The van der Waals surface area contributed by atoms with Gasteiger partial charge in [0.15, 0.2) is 0 Å². The number of carboxylic acid groups (broad SMARTS) is 2. The standard InChI is InChI=1S/C27H41NO8S/c1-3-4-5-6-7-9-12-20(30)15-16-22-21(13-10-8-11-14-26(32)33)24(31)17-25(22)37(36)18-23(27(34)35)28-19(2)29/h4-5,7-10,15-16,20-25,30-31H,3,6,11-14,17-18H2,1-2H3,(H,28,29)(H,32,33)(H,34,35)/b5-4+,9-7-,10-8-,16-15+/t20-,21-,22+,23-,24-,25?,37?/m0/s1. The smallest absolute Gasteiger partial charge is 0.327 e. The van der Waals surface area contributed by atoms with Crippen molar-refractivity contribution in [2.24, 2.45) is 11.8 Å². The number of rotatable bonds is 17. The second kappa shape index (κ2) is 17.8. The molecule has 0 aromatic rings. The van der Waals surface area contributed by atoms with Crippen LogP contribution in [-0.2, 0) is 25.2 Å². The molecule has 208 valence electrons. The molecule has 0 spiro atoms. The maximum Gasteiger partial charge on any atom is 0.327 e. The van der Waals surface area contributed by atoms with Crippen LogP contribution in [0.1, 0.15) is 58.8 Å². The van der Waals surface area contributed by atoms with Crippen molar-refractivity contribution in [1.82, 2.24) is 5.32 Å². The summed E-state index contributed by atoms with van der Waals surface area (Å²) in [5.74, 6) is -3.77. The molecule has 1 aliphatic rings. The third kappa shape index (κ3) is 13.0. The molecule has 0 radical (unpaired) electrons. The van der Waals surface area contributed by atoms with E-state index in [1.54, 1.807) is 24.3 Å². The van der Waals surface area contributed by atoms with E-state index in [1.807, 2.05) is 18.2 Å². The van der Waals surface area contributed by atoms with Gasteiger partial charge in [-0.3, -0.25) is 13.8 Å². The number of carboxylic acids is 2. The van der Waals surface area contributed by atoms with Crippen LogP contribution in [0.2, 0.25) is 0 Å². The van der Waals surface area contributed by atoms with Crippen molar-refractivity contribution in [2.75, 3.05) is 5.75 Å². The molecule has 1 saturated carbocycles. The van der Waals surface area contributed by atoms with Crippen LogP contribution in [0.15, 0.2) is 48.6 Å². The zero-order chi connectivity index (χ0) is 27.8. The third-order valence-corrected chi connectivity index (χ3v) is 7.95. The van der Waals surface area contributed by atoms with Gasteiger partial charge in [0.25, 0.3) is 0 Å². The minimum Gasteiger partial charge on any atom is -0.481 e. The molecule has 0 bridgehead atoms. The van der Waals surface area contributed by atoms with E-state index < -0.39 is 58.1 Å². The van der Waals surface area contributed by atoms with Crippen LogP contribution >= 0.6 is 0 Å². The molecule has 0 aliphatic heterocycles. The SMILES string of the molecule is CC/C=C/C/C=C\C[C@H](O)/C=C/[C@H]1C(S(=O)C[C@H](NC(C)=O)C(=O)O)C[C@H](O)[C@H]1C/C=C\CCC(=O)O. The Morgan fingerprint density at radius 2 is 1.78 bits per heavy atom. The number of carbonyl (C=O) groups is 3. The molecule has 37 heavy (non-hydrogen) atoms. The van der Waals surface area contributed by atoms with Gasteiger partial charge in [0.2, 0.25) is 5.91 Å². The summed E-state index contributed by atoms with van der Waals surface area (Å²) < 4.78 is 13.2. The number of allylic oxidation sites excluding steroid dienone is 6. The fourth-order valence-electron chi connectivity index (χ4n) is 4.26. The van der Waals surface area contributed by atoms with Gasteiger partial charge in [0.1, 0.15) is 6.04 Å². The largest absolute Gasteiger partial charge is 0.481 e. The first kappa shape index (κ1) is 32.5. The van der Waals surface area contributed by atoms with Gasteiger partial charge in [-0.1, -0.05) is 55.5 Å². The zero-order valence-electron chi connectivity index (χ0n) is 21.6. The van der Waals surface area contributed by atoms with Gasteiger partial charge in [-0.05, 0) is 50.4 Å². The van der Waals surface area contributed by atoms with E-state index in [4.69, 9.17) is 5.11 Å². The van der Waals surface area contributed by atoms with Crippen molar-refractivity contribution in [3.63, 3.8) is 0 Å². The first-order chi connectivity index (χ1) is 17.6.